The number of amides is 2. The molecule has 1 aromatic rings. The SMILES string of the molecule is CCCN(C=O)C(=O)c1ccc(CC)cc1C. The van der Waals surface area contributed by atoms with Crippen LogP contribution in [-0.2, 0) is 11.2 Å². The van der Waals surface area contributed by atoms with E-state index in [0.29, 0.717) is 18.5 Å². The molecule has 3 nitrogen and oxygen atoms in total. The van der Waals surface area contributed by atoms with Gasteiger partial charge in [0.1, 0.15) is 0 Å². The van der Waals surface area contributed by atoms with E-state index < -0.39 is 0 Å². The summed E-state index contributed by atoms with van der Waals surface area (Å²) < 4.78 is 0. The molecular weight excluding hydrogens is 214 g/mol. The average Bonchev–Trinajstić information content (AvgIpc) is 2.35. The number of hydrogen-bond acceptors (Lipinski definition) is 2. The van der Waals surface area contributed by atoms with E-state index in [-0.39, 0.29) is 5.91 Å². The van der Waals surface area contributed by atoms with E-state index >= 15 is 0 Å². The van der Waals surface area contributed by atoms with Gasteiger partial charge in [0, 0.05) is 12.1 Å². The molecular formula is C14H19NO2. The van der Waals surface area contributed by atoms with Crippen molar-refractivity contribution in [1.82, 2.24) is 4.90 Å². The first kappa shape index (κ1) is 13.4. The predicted octanol–water partition coefficient (Wildman–Crippen LogP) is 2.57. The quantitative estimate of drug-likeness (QED) is 0.733. The number of benzene rings is 1. The lowest BCUT2D eigenvalue weighted by atomic mass is 10.0. The van der Waals surface area contributed by atoms with Crippen LogP contribution in [0, 0.1) is 6.92 Å². The maximum atomic E-state index is 12.1. The Balaban J connectivity index is 2.99. The van der Waals surface area contributed by atoms with Crippen LogP contribution in [0.2, 0.25) is 0 Å². The first-order valence-corrected chi connectivity index (χ1v) is 5.99. The zero-order valence-corrected chi connectivity index (χ0v) is 10.7. The van der Waals surface area contributed by atoms with Crippen molar-refractivity contribution in [3.8, 4) is 0 Å². The Hall–Kier alpha value is -1.64. The van der Waals surface area contributed by atoms with Crippen molar-refractivity contribution in [2.75, 3.05) is 6.54 Å². The van der Waals surface area contributed by atoms with Gasteiger partial charge < -0.3 is 0 Å². The minimum Gasteiger partial charge on any atom is -0.281 e. The third-order valence-electron chi connectivity index (χ3n) is 2.78. The van der Waals surface area contributed by atoms with Gasteiger partial charge in [0.25, 0.3) is 5.91 Å². The van der Waals surface area contributed by atoms with Crippen LogP contribution in [0.5, 0.6) is 0 Å². The number of aryl methyl sites for hydroxylation is 2. The number of nitrogens with zero attached hydrogens (tertiary/aromatic N) is 1. The van der Waals surface area contributed by atoms with Gasteiger partial charge in [-0.1, -0.05) is 26.0 Å². The number of carbonyl (C=O) groups is 2. The van der Waals surface area contributed by atoms with Gasteiger partial charge in [-0.2, -0.15) is 0 Å². The van der Waals surface area contributed by atoms with Crippen molar-refractivity contribution in [2.45, 2.75) is 33.6 Å². The van der Waals surface area contributed by atoms with E-state index in [0.717, 1.165) is 18.4 Å². The van der Waals surface area contributed by atoms with E-state index in [4.69, 9.17) is 0 Å². The highest BCUT2D eigenvalue weighted by Crippen LogP contribution is 2.13. The Labute approximate surface area is 102 Å². The second-order valence-corrected chi connectivity index (χ2v) is 4.11. The fourth-order valence-corrected chi connectivity index (χ4v) is 1.78. The Morgan fingerprint density at radius 1 is 1.35 bits per heavy atom. The molecule has 2 amide bonds. The molecule has 17 heavy (non-hydrogen) atoms. The molecule has 0 unspecified atom stereocenters. The molecule has 92 valence electrons. The molecule has 0 fully saturated rings. The molecule has 0 heterocycles. The van der Waals surface area contributed by atoms with Crippen LogP contribution in [0.3, 0.4) is 0 Å². The highest BCUT2D eigenvalue weighted by molar-refractivity contribution is 6.00. The number of imide groups is 1. The van der Waals surface area contributed by atoms with Crippen molar-refractivity contribution < 1.29 is 9.59 Å². The van der Waals surface area contributed by atoms with Crippen molar-refractivity contribution in [2.24, 2.45) is 0 Å². The topological polar surface area (TPSA) is 37.4 Å². The molecule has 0 atom stereocenters. The third-order valence-corrected chi connectivity index (χ3v) is 2.78. The molecule has 0 saturated carbocycles. The summed E-state index contributed by atoms with van der Waals surface area (Å²) in [4.78, 5) is 24.2. The molecule has 0 radical (unpaired) electrons. The second-order valence-electron chi connectivity index (χ2n) is 4.11. The van der Waals surface area contributed by atoms with Crippen molar-refractivity contribution in [3.05, 3.63) is 34.9 Å². The number of rotatable bonds is 5. The van der Waals surface area contributed by atoms with E-state index in [9.17, 15) is 9.59 Å². The predicted molar refractivity (Wildman–Crippen MR) is 67.9 cm³/mol. The van der Waals surface area contributed by atoms with E-state index in [1.54, 1.807) is 0 Å². The Bertz CT molecular complexity index is 413. The summed E-state index contributed by atoms with van der Waals surface area (Å²) >= 11 is 0. The first-order chi connectivity index (χ1) is 8.13. The molecule has 1 aromatic carbocycles. The van der Waals surface area contributed by atoms with Crippen LogP contribution in [0.15, 0.2) is 18.2 Å². The van der Waals surface area contributed by atoms with Gasteiger partial charge in [0.2, 0.25) is 6.41 Å². The number of carbonyl (C=O) groups excluding carboxylic acids is 2. The standard InChI is InChI=1S/C14H19NO2/c1-4-8-15(10-16)14(17)13-7-6-12(5-2)9-11(13)3/h6-7,9-10H,4-5,8H2,1-3H3. The Kier molecular flexibility index (Phi) is 4.88. The zero-order valence-electron chi connectivity index (χ0n) is 10.7. The van der Waals surface area contributed by atoms with Gasteiger partial charge in [0.05, 0.1) is 0 Å². The van der Waals surface area contributed by atoms with Gasteiger partial charge in [0.15, 0.2) is 0 Å². The molecule has 0 aliphatic carbocycles. The summed E-state index contributed by atoms with van der Waals surface area (Å²) in [6.07, 6.45) is 2.33. The lowest BCUT2D eigenvalue weighted by Crippen LogP contribution is -2.30. The van der Waals surface area contributed by atoms with E-state index in [2.05, 4.69) is 6.92 Å². The molecule has 0 bridgehead atoms. The second kappa shape index (κ2) is 6.18. The van der Waals surface area contributed by atoms with Gasteiger partial charge in [-0.25, -0.2) is 0 Å². The maximum absolute atomic E-state index is 12.1. The minimum atomic E-state index is -0.206. The molecule has 0 spiro atoms. The molecule has 0 aliphatic heterocycles. The largest absolute Gasteiger partial charge is 0.281 e. The first-order valence-electron chi connectivity index (χ1n) is 5.99. The van der Waals surface area contributed by atoms with Crippen molar-refractivity contribution >= 4 is 12.3 Å². The van der Waals surface area contributed by atoms with Gasteiger partial charge in [-0.05, 0) is 37.0 Å². The van der Waals surface area contributed by atoms with Crippen LogP contribution >= 0.6 is 0 Å². The molecule has 0 saturated heterocycles. The molecule has 0 aliphatic rings. The lowest BCUT2D eigenvalue weighted by molar-refractivity contribution is -0.116. The van der Waals surface area contributed by atoms with Gasteiger partial charge in [-0.15, -0.1) is 0 Å². The smallest absolute Gasteiger partial charge is 0.260 e. The lowest BCUT2D eigenvalue weighted by Gasteiger charge is -2.16. The summed E-state index contributed by atoms with van der Waals surface area (Å²) in [5.74, 6) is -0.206. The van der Waals surface area contributed by atoms with Gasteiger partial charge >= 0.3 is 0 Å². The highest BCUT2D eigenvalue weighted by Gasteiger charge is 2.16. The summed E-state index contributed by atoms with van der Waals surface area (Å²) in [6, 6.07) is 5.75. The average molecular weight is 233 g/mol. The van der Waals surface area contributed by atoms with Gasteiger partial charge in [-0.3, -0.25) is 14.5 Å². The number of hydrogen-bond donors (Lipinski definition) is 0. The van der Waals surface area contributed by atoms with Crippen LogP contribution < -0.4 is 0 Å². The van der Waals surface area contributed by atoms with Crippen molar-refractivity contribution in [3.63, 3.8) is 0 Å². The fourth-order valence-electron chi connectivity index (χ4n) is 1.78. The molecule has 3 heteroatoms. The normalized spacial score (nSPS) is 10.1. The molecule has 0 aromatic heterocycles. The van der Waals surface area contributed by atoms with Crippen LogP contribution in [0.25, 0.3) is 0 Å². The van der Waals surface area contributed by atoms with Crippen molar-refractivity contribution in [1.29, 1.82) is 0 Å². The Morgan fingerprint density at radius 2 is 2.06 bits per heavy atom. The van der Waals surface area contributed by atoms with Crippen LogP contribution in [0.1, 0.15) is 41.8 Å². The maximum Gasteiger partial charge on any atom is 0.260 e. The highest BCUT2D eigenvalue weighted by atomic mass is 16.2. The van der Waals surface area contributed by atoms with Crippen LogP contribution in [0.4, 0.5) is 0 Å². The minimum absolute atomic E-state index is 0.206. The molecule has 0 N–H and O–H groups in total. The summed E-state index contributed by atoms with van der Waals surface area (Å²) in [7, 11) is 0. The third kappa shape index (κ3) is 3.16. The Morgan fingerprint density at radius 3 is 2.53 bits per heavy atom. The fraction of sp³-hybridized carbons (Fsp3) is 0.429. The summed E-state index contributed by atoms with van der Waals surface area (Å²) in [5, 5.41) is 0. The summed E-state index contributed by atoms with van der Waals surface area (Å²) in [6.45, 7) is 6.39. The molecule has 1 rings (SSSR count). The van der Waals surface area contributed by atoms with E-state index in [1.165, 1.54) is 10.5 Å². The zero-order chi connectivity index (χ0) is 12.8. The summed E-state index contributed by atoms with van der Waals surface area (Å²) in [5.41, 5.74) is 2.74. The monoisotopic (exact) mass is 233 g/mol. The van der Waals surface area contributed by atoms with Crippen LogP contribution in [-0.4, -0.2) is 23.8 Å². The van der Waals surface area contributed by atoms with E-state index in [1.807, 2.05) is 32.0 Å².